The van der Waals surface area contributed by atoms with E-state index in [1.165, 1.54) is 5.39 Å². The zero-order chi connectivity index (χ0) is 35.0. The van der Waals surface area contributed by atoms with Gasteiger partial charge in [-0.15, -0.1) is 11.8 Å². The summed E-state index contributed by atoms with van der Waals surface area (Å²) in [5, 5.41) is 2.32. The Hall–Kier alpha value is -4.47. The molecule has 5 atom stereocenters. The van der Waals surface area contributed by atoms with Gasteiger partial charge in [-0.25, -0.2) is 0 Å². The van der Waals surface area contributed by atoms with E-state index in [4.69, 9.17) is 28.4 Å². The minimum Gasteiger partial charge on any atom is -0.457 e. The summed E-state index contributed by atoms with van der Waals surface area (Å²) in [6.45, 7) is 1.79. The van der Waals surface area contributed by atoms with Crippen molar-refractivity contribution in [2.75, 3.05) is 12.4 Å². The van der Waals surface area contributed by atoms with E-state index in [9.17, 15) is 0 Å². The molecule has 1 fully saturated rings. The molecule has 6 nitrogen and oxygen atoms in total. The fourth-order valence-electron chi connectivity index (χ4n) is 6.96. The van der Waals surface area contributed by atoms with Crippen molar-refractivity contribution in [1.29, 1.82) is 0 Å². The van der Waals surface area contributed by atoms with Crippen molar-refractivity contribution in [2.24, 2.45) is 0 Å². The Balaban J connectivity index is 1.18. The van der Waals surface area contributed by atoms with Crippen molar-refractivity contribution in [3.63, 3.8) is 0 Å². The molecule has 0 saturated carbocycles. The first-order valence-corrected chi connectivity index (χ1v) is 18.8. The van der Waals surface area contributed by atoms with Gasteiger partial charge in [0.2, 0.25) is 5.79 Å². The third kappa shape index (κ3) is 7.96. The highest BCUT2D eigenvalue weighted by Crippen LogP contribution is 2.49. The lowest BCUT2D eigenvalue weighted by atomic mass is 9.91. The molecule has 0 bridgehead atoms. The van der Waals surface area contributed by atoms with Crippen LogP contribution in [0.25, 0.3) is 10.8 Å². The molecule has 7 heteroatoms. The van der Waals surface area contributed by atoms with Gasteiger partial charge in [0.1, 0.15) is 24.1 Å². The molecular weight excluding hydrogens is 669 g/mol. The molecule has 2 heterocycles. The molecule has 1 spiro atoms. The van der Waals surface area contributed by atoms with Gasteiger partial charge in [0.25, 0.3) is 0 Å². The Morgan fingerprint density at radius 3 is 1.67 bits per heavy atom. The van der Waals surface area contributed by atoms with Gasteiger partial charge in [-0.05, 0) is 39.1 Å². The fourth-order valence-corrected chi connectivity index (χ4v) is 8.19. The van der Waals surface area contributed by atoms with Gasteiger partial charge in [-0.3, -0.25) is 0 Å². The first-order chi connectivity index (χ1) is 25.7. The molecule has 0 radical (unpaired) electrons. The van der Waals surface area contributed by atoms with Crippen LogP contribution in [0.15, 0.2) is 163 Å². The van der Waals surface area contributed by atoms with Gasteiger partial charge in [0.05, 0.1) is 43.7 Å². The van der Waals surface area contributed by atoms with Crippen molar-refractivity contribution >= 4 is 22.5 Å². The average Bonchev–Trinajstić information content (AvgIpc) is 3.20. The van der Waals surface area contributed by atoms with Crippen LogP contribution in [0.2, 0.25) is 0 Å². The van der Waals surface area contributed by atoms with E-state index in [-0.39, 0.29) is 6.61 Å². The summed E-state index contributed by atoms with van der Waals surface area (Å²) < 4.78 is 41.5. The second-order valence-electron chi connectivity index (χ2n) is 13.2. The van der Waals surface area contributed by atoms with Crippen molar-refractivity contribution in [2.45, 2.75) is 61.5 Å². The van der Waals surface area contributed by atoms with Crippen molar-refractivity contribution in [3.05, 3.63) is 180 Å². The van der Waals surface area contributed by atoms with Crippen molar-refractivity contribution in [1.82, 2.24) is 0 Å². The minimum absolute atomic E-state index is 0.269. The van der Waals surface area contributed by atoms with E-state index in [1.54, 1.807) is 11.8 Å². The van der Waals surface area contributed by atoms with Gasteiger partial charge < -0.3 is 28.4 Å². The topological polar surface area (TPSA) is 55.4 Å². The Bertz CT molecular complexity index is 2010. The quantitative estimate of drug-likeness (QED) is 0.118. The predicted octanol–water partition coefficient (Wildman–Crippen LogP) is 9.39. The Morgan fingerprint density at radius 1 is 0.538 bits per heavy atom. The molecule has 6 aromatic carbocycles. The van der Waals surface area contributed by atoms with E-state index in [2.05, 4.69) is 78.9 Å². The Labute approximate surface area is 309 Å². The highest BCUT2D eigenvalue weighted by molar-refractivity contribution is 7.99. The summed E-state index contributed by atoms with van der Waals surface area (Å²) in [4.78, 5) is 1.09. The Morgan fingerprint density at radius 2 is 1.06 bits per heavy atom. The highest BCUT2D eigenvalue weighted by Gasteiger charge is 2.60. The summed E-state index contributed by atoms with van der Waals surface area (Å²) in [6.07, 6.45) is -2.31. The van der Waals surface area contributed by atoms with Gasteiger partial charge in [0.15, 0.2) is 6.10 Å². The summed E-state index contributed by atoms with van der Waals surface area (Å²) in [7, 11) is 0. The predicted molar refractivity (Wildman–Crippen MR) is 204 cm³/mol. The lowest BCUT2D eigenvalue weighted by molar-refractivity contribution is -0.353. The van der Waals surface area contributed by atoms with Crippen LogP contribution in [0.5, 0.6) is 5.75 Å². The summed E-state index contributed by atoms with van der Waals surface area (Å²) in [6, 6.07) is 53.3. The number of hydrogen-bond donors (Lipinski definition) is 0. The maximum atomic E-state index is 7.21. The van der Waals surface area contributed by atoms with Gasteiger partial charge in [-0.2, -0.15) is 0 Å². The summed E-state index contributed by atoms with van der Waals surface area (Å²) in [5.41, 5.74) is 4.24. The monoisotopic (exact) mass is 710 g/mol. The van der Waals surface area contributed by atoms with Gasteiger partial charge >= 0.3 is 0 Å². The first-order valence-electron chi connectivity index (χ1n) is 17.8. The van der Waals surface area contributed by atoms with E-state index in [1.807, 2.05) is 78.9 Å². The van der Waals surface area contributed by atoms with E-state index in [0.717, 1.165) is 38.3 Å². The molecule has 8 rings (SSSR count). The van der Waals surface area contributed by atoms with E-state index >= 15 is 0 Å². The second-order valence-corrected chi connectivity index (χ2v) is 14.2. The molecule has 2 aliphatic rings. The smallest absolute Gasteiger partial charge is 0.249 e. The van der Waals surface area contributed by atoms with E-state index in [0.29, 0.717) is 32.2 Å². The van der Waals surface area contributed by atoms with Crippen molar-refractivity contribution < 1.29 is 28.4 Å². The van der Waals surface area contributed by atoms with Crippen LogP contribution in [-0.4, -0.2) is 42.6 Å². The summed E-state index contributed by atoms with van der Waals surface area (Å²) >= 11 is 1.73. The number of thioether (sulfide) groups is 1. The number of benzene rings is 6. The molecule has 6 aromatic rings. The van der Waals surface area contributed by atoms with Gasteiger partial charge in [0, 0.05) is 0 Å². The third-order valence-electron chi connectivity index (χ3n) is 9.55. The van der Waals surface area contributed by atoms with Crippen LogP contribution >= 0.6 is 11.8 Å². The fraction of sp³-hybridized carbons (Fsp3) is 0.244. The molecule has 2 aliphatic heterocycles. The molecule has 264 valence electrons. The minimum atomic E-state index is -1.20. The maximum absolute atomic E-state index is 7.21. The molecule has 0 aliphatic carbocycles. The van der Waals surface area contributed by atoms with Crippen LogP contribution in [0.1, 0.15) is 22.3 Å². The van der Waals surface area contributed by atoms with Crippen molar-refractivity contribution in [3.8, 4) is 5.75 Å². The maximum Gasteiger partial charge on any atom is 0.249 e. The molecule has 52 heavy (non-hydrogen) atoms. The standard InChI is InChI=1S/C45H42O6S/c1-5-15-33(16-6-1)27-46-31-40-41(47-28-34-17-7-2-8-18-34)42(48-29-35-19-9-3-10-20-35)44(49-30-36-21-11-4-12-22-36)45(51-40)32-52-43-38-24-14-13-23-37(38)25-26-39(43)50-45/h1-26,40-42,44H,27-32H2/t40-,41-,42+,44-,45-/m1/s1. The summed E-state index contributed by atoms with van der Waals surface area (Å²) in [5.74, 6) is 0.0424. The molecule has 1 saturated heterocycles. The zero-order valence-electron chi connectivity index (χ0n) is 28.9. The molecular formula is C45H42O6S. The molecule has 0 amide bonds. The Kier molecular flexibility index (Phi) is 11.0. The molecule has 0 unspecified atom stereocenters. The highest BCUT2D eigenvalue weighted by atomic mass is 32.2. The number of fused-ring (bicyclic) bond motifs is 3. The number of ether oxygens (including phenoxy) is 6. The van der Waals surface area contributed by atoms with Crippen LogP contribution in [0, 0.1) is 0 Å². The lowest BCUT2D eigenvalue weighted by Crippen LogP contribution is -2.70. The van der Waals surface area contributed by atoms with Crippen LogP contribution in [0.4, 0.5) is 0 Å². The van der Waals surface area contributed by atoms with Crippen LogP contribution in [0.3, 0.4) is 0 Å². The second kappa shape index (κ2) is 16.5. The molecule has 0 N–H and O–H groups in total. The lowest BCUT2D eigenvalue weighted by Gasteiger charge is -2.53. The van der Waals surface area contributed by atoms with Gasteiger partial charge in [-0.1, -0.05) is 152 Å². The largest absolute Gasteiger partial charge is 0.457 e. The molecule has 0 aromatic heterocycles. The zero-order valence-corrected chi connectivity index (χ0v) is 29.7. The van der Waals surface area contributed by atoms with Crippen LogP contribution in [-0.2, 0) is 50.1 Å². The normalized spacial score (nSPS) is 22.5. The SMILES string of the molecule is c1ccc(COC[C@H]2O[C@]3(CSc4c(ccc5ccccc45)O3)[C@H](OCc3ccccc3)[C@@H](OCc3ccccc3)[C@@H]2OCc2ccccc2)cc1. The van der Waals surface area contributed by atoms with E-state index < -0.39 is 30.2 Å². The third-order valence-corrected chi connectivity index (χ3v) is 10.8. The average molecular weight is 711 g/mol. The number of hydrogen-bond acceptors (Lipinski definition) is 7. The first kappa shape index (κ1) is 34.6. The van der Waals surface area contributed by atoms with Crippen LogP contribution < -0.4 is 4.74 Å². The number of rotatable bonds is 13.